The van der Waals surface area contributed by atoms with Crippen LogP contribution in [0, 0.1) is 5.82 Å². The summed E-state index contributed by atoms with van der Waals surface area (Å²) >= 11 is 5.82. The number of para-hydroxylation sites is 2. The van der Waals surface area contributed by atoms with Gasteiger partial charge in [-0.1, -0.05) is 54.1 Å². The molecular weight excluding hydrogens is 441 g/mol. The van der Waals surface area contributed by atoms with E-state index in [1.54, 1.807) is 4.90 Å². The third-order valence-electron chi connectivity index (χ3n) is 5.84. The van der Waals surface area contributed by atoms with Crippen LogP contribution in [0.3, 0.4) is 0 Å². The zero-order valence-electron chi connectivity index (χ0n) is 17.9. The van der Waals surface area contributed by atoms with E-state index in [1.807, 2.05) is 36.4 Å². The van der Waals surface area contributed by atoms with Crippen molar-refractivity contribution in [2.24, 2.45) is 0 Å². The summed E-state index contributed by atoms with van der Waals surface area (Å²) in [6, 6.07) is 22.4. The maximum atomic E-state index is 13.4. The van der Waals surface area contributed by atoms with E-state index in [-0.39, 0.29) is 11.1 Å². The number of amides is 2. The second kappa shape index (κ2) is 9.11. The predicted molar refractivity (Wildman–Crippen MR) is 129 cm³/mol. The van der Waals surface area contributed by atoms with Crippen molar-refractivity contribution in [2.75, 3.05) is 36.4 Å². The van der Waals surface area contributed by atoms with E-state index in [9.17, 15) is 9.18 Å². The summed E-state index contributed by atoms with van der Waals surface area (Å²) in [5, 5.41) is 2.78. The summed E-state index contributed by atoms with van der Waals surface area (Å²) < 4.78 is 15.6. The Kier molecular flexibility index (Phi) is 5.88. The molecular formula is C25H23ClFN5O. The van der Waals surface area contributed by atoms with Crippen LogP contribution < -0.4 is 10.2 Å². The molecule has 0 aliphatic carbocycles. The molecule has 3 aromatic carbocycles. The Bertz CT molecular complexity index is 1280. The number of anilines is 2. The highest BCUT2D eigenvalue weighted by Crippen LogP contribution is 2.25. The molecule has 5 rings (SSSR count). The molecule has 0 atom stereocenters. The quantitative estimate of drug-likeness (QED) is 0.451. The fourth-order valence-corrected chi connectivity index (χ4v) is 4.29. The Morgan fingerprint density at radius 1 is 0.970 bits per heavy atom. The van der Waals surface area contributed by atoms with Crippen molar-refractivity contribution in [1.29, 1.82) is 0 Å². The van der Waals surface area contributed by atoms with Crippen LogP contribution in [0.25, 0.3) is 11.0 Å². The van der Waals surface area contributed by atoms with Crippen molar-refractivity contribution in [3.05, 3.63) is 89.2 Å². The number of carbonyl (C=O) groups is 1. The van der Waals surface area contributed by atoms with Gasteiger partial charge >= 0.3 is 6.03 Å². The van der Waals surface area contributed by atoms with Gasteiger partial charge in [-0.05, 0) is 35.9 Å². The Balaban J connectivity index is 1.31. The van der Waals surface area contributed by atoms with Gasteiger partial charge in [-0.15, -0.1) is 0 Å². The molecule has 33 heavy (non-hydrogen) atoms. The summed E-state index contributed by atoms with van der Waals surface area (Å²) in [7, 11) is 0. The summed E-state index contributed by atoms with van der Waals surface area (Å²) in [5.41, 5.74) is 3.72. The van der Waals surface area contributed by atoms with E-state index in [4.69, 9.17) is 16.6 Å². The third kappa shape index (κ3) is 4.50. The van der Waals surface area contributed by atoms with E-state index in [0.29, 0.717) is 31.9 Å². The minimum atomic E-state index is -0.512. The monoisotopic (exact) mass is 463 g/mol. The Labute approximate surface area is 196 Å². The highest BCUT2D eigenvalue weighted by molar-refractivity contribution is 6.31. The van der Waals surface area contributed by atoms with Crippen LogP contribution in [0.15, 0.2) is 72.8 Å². The maximum Gasteiger partial charge on any atom is 0.321 e. The first-order chi connectivity index (χ1) is 16.1. The van der Waals surface area contributed by atoms with Crippen molar-refractivity contribution in [3.8, 4) is 0 Å². The molecule has 2 amide bonds. The lowest BCUT2D eigenvalue weighted by atomic mass is 10.2. The second-order valence-electron chi connectivity index (χ2n) is 8.01. The molecule has 2 heterocycles. The summed E-state index contributed by atoms with van der Waals surface area (Å²) in [6.45, 7) is 3.15. The fourth-order valence-electron chi connectivity index (χ4n) is 4.11. The lowest BCUT2D eigenvalue weighted by molar-refractivity contribution is 0.208. The van der Waals surface area contributed by atoms with Gasteiger partial charge in [-0.2, -0.15) is 0 Å². The molecule has 0 bridgehead atoms. The van der Waals surface area contributed by atoms with Gasteiger partial charge in [0.15, 0.2) is 0 Å². The number of rotatable bonds is 4. The molecule has 1 aromatic heterocycles. The first-order valence-electron chi connectivity index (χ1n) is 10.8. The third-order valence-corrected chi connectivity index (χ3v) is 6.13. The van der Waals surface area contributed by atoms with Crippen LogP contribution in [0.5, 0.6) is 0 Å². The minimum Gasteiger partial charge on any atom is -0.339 e. The number of nitrogens with one attached hydrogen (secondary N) is 1. The number of halogens is 2. The summed E-state index contributed by atoms with van der Waals surface area (Å²) in [5.74, 6) is 0.395. The second-order valence-corrected chi connectivity index (χ2v) is 8.41. The number of nitrogens with zero attached hydrogens (tertiary/aromatic N) is 4. The molecule has 0 saturated carbocycles. The Morgan fingerprint density at radius 3 is 2.45 bits per heavy atom. The topological polar surface area (TPSA) is 53.4 Å². The molecule has 6 nitrogen and oxygen atoms in total. The van der Waals surface area contributed by atoms with Crippen LogP contribution in [0.1, 0.15) is 5.56 Å². The van der Waals surface area contributed by atoms with Crippen LogP contribution >= 0.6 is 11.6 Å². The Hall–Kier alpha value is -3.58. The lowest BCUT2D eigenvalue weighted by Crippen LogP contribution is -2.50. The van der Waals surface area contributed by atoms with Crippen LogP contribution in [-0.2, 0) is 6.54 Å². The first-order valence-corrected chi connectivity index (χ1v) is 11.2. The summed E-state index contributed by atoms with van der Waals surface area (Å²) in [6.07, 6.45) is 0. The van der Waals surface area contributed by atoms with Crippen LogP contribution in [0.4, 0.5) is 20.8 Å². The van der Waals surface area contributed by atoms with E-state index in [1.165, 1.54) is 23.8 Å². The van der Waals surface area contributed by atoms with Gasteiger partial charge in [0.25, 0.3) is 0 Å². The highest BCUT2D eigenvalue weighted by atomic mass is 35.5. The minimum absolute atomic E-state index is 0.0186. The normalized spacial score (nSPS) is 14.0. The van der Waals surface area contributed by atoms with Gasteiger partial charge in [0, 0.05) is 31.9 Å². The van der Waals surface area contributed by atoms with E-state index in [2.05, 4.69) is 33.0 Å². The summed E-state index contributed by atoms with van der Waals surface area (Å²) in [4.78, 5) is 21.6. The van der Waals surface area contributed by atoms with Crippen molar-refractivity contribution in [2.45, 2.75) is 6.54 Å². The van der Waals surface area contributed by atoms with Gasteiger partial charge in [0.2, 0.25) is 5.95 Å². The highest BCUT2D eigenvalue weighted by Gasteiger charge is 2.25. The van der Waals surface area contributed by atoms with Gasteiger partial charge in [-0.3, -0.25) is 0 Å². The molecule has 1 fully saturated rings. The van der Waals surface area contributed by atoms with E-state index < -0.39 is 5.82 Å². The number of aromatic nitrogens is 2. The van der Waals surface area contributed by atoms with Crippen molar-refractivity contribution in [3.63, 3.8) is 0 Å². The number of urea groups is 1. The maximum absolute atomic E-state index is 13.4. The number of hydrogen-bond acceptors (Lipinski definition) is 3. The largest absolute Gasteiger partial charge is 0.339 e. The van der Waals surface area contributed by atoms with Gasteiger partial charge in [-0.25, -0.2) is 14.2 Å². The molecule has 1 N–H and O–H groups in total. The average molecular weight is 464 g/mol. The first kappa shape index (κ1) is 21.3. The average Bonchev–Trinajstić information content (AvgIpc) is 3.20. The van der Waals surface area contributed by atoms with Gasteiger partial charge < -0.3 is 19.7 Å². The number of carbonyl (C=O) groups excluding carboxylic acids is 1. The lowest BCUT2D eigenvalue weighted by Gasteiger charge is -2.35. The number of benzene rings is 3. The predicted octanol–water partition coefficient (Wildman–Crippen LogP) is 5.23. The number of hydrogen-bond donors (Lipinski definition) is 1. The number of piperazine rings is 1. The Morgan fingerprint density at radius 2 is 1.70 bits per heavy atom. The molecule has 0 radical (unpaired) electrons. The molecule has 0 spiro atoms. The standard InChI is InChI=1S/C25H23ClFN5O/c26-20-16-19(10-11-21(20)27)28-25(33)31-14-12-30(13-15-31)24-29-22-8-4-5-9-23(22)32(24)17-18-6-2-1-3-7-18/h1-11,16H,12-15,17H2,(H,28,33). The molecule has 4 aromatic rings. The molecule has 168 valence electrons. The van der Waals surface area contributed by atoms with Crippen LogP contribution in [0.2, 0.25) is 5.02 Å². The molecule has 1 aliphatic rings. The van der Waals surface area contributed by atoms with Crippen LogP contribution in [-0.4, -0.2) is 46.7 Å². The van der Waals surface area contributed by atoms with E-state index in [0.717, 1.165) is 23.5 Å². The van der Waals surface area contributed by atoms with E-state index >= 15 is 0 Å². The smallest absolute Gasteiger partial charge is 0.321 e. The zero-order valence-corrected chi connectivity index (χ0v) is 18.7. The number of fused-ring (bicyclic) bond motifs is 1. The number of imidazole rings is 1. The van der Waals surface area contributed by atoms with Gasteiger partial charge in [0.05, 0.1) is 22.6 Å². The zero-order chi connectivity index (χ0) is 22.8. The molecule has 0 unspecified atom stereocenters. The van der Waals surface area contributed by atoms with Crippen molar-refractivity contribution >= 4 is 40.3 Å². The van der Waals surface area contributed by atoms with Crippen molar-refractivity contribution < 1.29 is 9.18 Å². The van der Waals surface area contributed by atoms with Gasteiger partial charge in [0.1, 0.15) is 5.82 Å². The SMILES string of the molecule is O=C(Nc1ccc(F)c(Cl)c1)N1CCN(c2nc3ccccc3n2Cc2ccccc2)CC1. The molecule has 1 saturated heterocycles. The fraction of sp³-hybridized carbons (Fsp3) is 0.200. The molecule has 8 heteroatoms. The molecule has 1 aliphatic heterocycles. The van der Waals surface area contributed by atoms with Crippen molar-refractivity contribution in [1.82, 2.24) is 14.5 Å².